The molecule has 0 bridgehead atoms. The lowest BCUT2D eigenvalue weighted by Gasteiger charge is -2.07. The largest absolute Gasteiger partial charge is 0.394 e. The van der Waals surface area contributed by atoms with Gasteiger partial charge in [0.2, 0.25) is 0 Å². The minimum Gasteiger partial charge on any atom is -0.394 e. The topological polar surface area (TPSA) is 52.5 Å². The van der Waals surface area contributed by atoms with E-state index in [1.165, 1.54) is 25.7 Å². The molecule has 12 heavy (non-hydrogen) atoms. The van der Waals surface area contributed by atoms with Gasteiger partial charge in [-0.25, -0.2) is 0 Å². The van der Waals surface area contributed by atoms with Gasteiger partial charge in [-0.05, 0) is 25.3 Å². The summed E-state index contributed by atoms with van der Waals surface area (Å²) in [6.45, 7) is 1.34. The maximum Gasteiger partial charge on any atom is 0.0894 e. The van der Waals surface area contributed by atoms with Crippen molar-refractivity contribution >= 4 is 0 Å². The van der Waals surface area contributed by atoms with Gasteiger partial charge in [-0.15, -0.1) is 0 Å². The van der Waals surface area contributed by atoms with Gasteiger partial charge in [-0.1, -0.05) is 12.8 Å². The average molecular weight is 173 g/mol. The van der Waals surface area contributed by atoms with E-state index in [2.05, 4.69) is 5.32 Å². The Bertz CT molecular complexity index is 115. The molecule has 72 valence electrons. The quantitative estimate of drug-likeness (QED) is 0.479. The predicted octanol–water partition coefficient (Wildman–Crippen LogP) is 0.119. The molecule has 1 saturated carbocycles. The SMILES string of the molecule is OCC(O)CNCCCC1CC1. The zero-order valence-electron chi connectivity index (χ0n) is 7.50. The van der Waals surface area contributed by atoms with Gasteiger partial charge in [0.1, 0.15) is 0 Å². The van der Waals surface area contributed by atoms with Crippen LogP contribution in [-0.2, 0) is 0 Å². The lowest BCUT2D eigenvalue weighted by Crippen LogP contribution is -2.29. The highest BCUT2D eigenvalue weighted by atomic mass is 16.3. The normalized spacial score (nSPS) is 19.5. The molecule has 0 aliphatic heterocycles. The number of aliphatic hydroxyl groups excluding tert-OH is 2. The van der Waals surface area contributed by atoms with Crippen LogP contribution in [0.25, 0.3) is 0 Å². The minimum absolute atomic E-state index is 0.143. The van der Waals surface area contributed by atoms with Crippen LogP contribution in [0.5, 0.6) is 0 Å². The van der Waals surface area contributed by atoms with Crippen LogP contribution in [-0.4, -0.2) is 36.0 Å². The molecular formula is C9H19NO2. The molecule has 1 aliphatic rings. The molecule has 0 saturated heterocycles. The zero-order valence-corrected chi connectivity index (χ0v) is 7.50. The molecule has 1 unspecified atom stereocenters. The lowest BCUT2D eigenvalue weighted by atomic mass is 10.2. The summed E-state index contributed by atoms with van der Waals surface area (Å²) in [7, 11) is 0. The molecule has 0 radical (unpaired) electrons. The molecule has 1 fully saturated rings. The maximum atomic E-state index is 8.97. The van der Waals surface area contributed by atoms with E-state index >= 15 is 0 Å². The Labute approximate surface area is 73.8 Å². The highest BCUT2D eigenvalue weighted by Crippen LogP contribution is 2.33. The Morgan fingerprint density at radius 2 is 2.17 bits per heavy atom. The summed E-state index contributed by atoms with van der Waals surface area (Å²) in [6, 6.07) is 0. The van der Waals surface area contributed by atoms with Crippen molar-refractivity contribution in [2.24, 2.45) is 5.92 Å². The second-order valence-corrected chi connectivity index (χ2v) is 3.63. The van der Waals surface area contributed by atoms with Crippen LogP contribution >= 0.6 is 0 Å². The molecular weight excluding hydrogens is 154 g/mol. The van der Waals surface area contributed by atoms with Crippen molar-refractivity contribution < 1.29 is 10.2 Å². The fourth-order valence-electron chi connectivity index (χ4n) is 1.26. The molecule has 0 aromatic rings. The van der Waals surface area contributed by atoms with Crippen LogP contribution < -0.4 is 5.32 Å². The first-order chi connectivity index (χ1) is 5.83. The van der Waals surface area contributed by atoms with Crippen molar-refractivity contribution in [1.29, 1.82) is 0 Å². The van der Waals surface area contributed by atoms with Crippen LogP contribution in [0, 0.1) is 5.92 Å². The maximum absolute atomic E-state index is 8.97. The number of aliphatic hydroxyl groups is 2. The zero-order chi connectivity index (χ0) is 8.81. The number of nitrogens with one attached hydrogen (secondary N) is 1. The lowest BCUT2D eigenvalue weighted by molar-refractivity contribution is 0.0945. The fourth-order valence-corrected chi connectivity index (χ4v) is 1.26. The fraction of sp³-hybridized carbons (Fsp3) is 1.00. The number of hydrogen-bond acceptors (Lipinski definition) is 3. The van der Waals surface area contributed by atoms with Crippen LogP contribution in [0.4, 0.5) is 0 Å². The van der Waals surface area contributed by atoms with Crippen LogP contribution in [0.1, 0.15) is 25.7 Å². The number of rotatable bonds is 7. The van der Waals surface area contributed by atoms with Crippen molar-refractivity contribution in [3.63, 3.8) is 0 Å². The summed E-state index contributed by atoms with van der Waals surface area (Å²) in [4.78, 5) is 0. The van der Waals surface area contributed by atoms with Gasteiger partial charge >= 0.3 is 0 Å². The Kier molecular flexibility index (Phi) is 4.58. The molecule has 0 aromatic heterocycles. The van der Waals surface area contributed by atoms with Crippen molar-refractivity contribution in [1.82, 2.24) is 5.32 Å². The van der Waals surface area contributed by atoms with Crippen molar-refractivity contribution in [3.05, 3.63) is 0 Å². The highest BCUT2D eigenvalue weighted by molar-refractivity contribution is 4.73. The third-order valence-electron chi connectivity index (χ3n) is 2.25. The minimum atomic E-state index is -0.592. The number of hydrogen-bond donors (Lipinski definition) is 3. The summed E-state index contributed by atoms with van der Waals surface area (Å²) in [5, 5.41) is 20.6. The Hall–Kier alpha value is -0.120. The summed E-state index contributed by atoms with van der Waals surface area (Å²) >= 11 is 0. The third kappa shape index (κ3) is 4.70. The second-order valence-electron chi connectivity index (χ2n) is 3.63. The van der Waals surface area contributed by atoms with Gasteiger partial charge in [-0.2, -0.15) is 0 Å². The molecule has 1 atom stereocenters. The third-order valence-corrected chi connectivity index (χ3v) is 2.25. The summed E-state index contributed by atoms with van der Waals surface area (Å²) < 4.78 is 0. The summed E-state index contributed by atoms with van der Waals surface area (Å²) in [6.07, 6.45) is 4.76. The van der Waals surface area contributed by atoms with E-state index < -0.39 is 6.10 Å². The molecule has 3 heteroatoms. The molecule has 3 N–H and O–H groups in total. The second kappa shape index (κ2) is 5.51. The van der Waals surface area contributed by atoms with Crippen molar-refractivity contribution in [3.8, 4) is 0 Å². The van der Waals surface area contributed by atoms with Crippen LogP contribution in [0.2, 0.25) is 0 Å². The first-order valence-electron chi connectivity index (χ1n) is 4.82. The molecule has 0 amide bonds. The van der Waals surface area contributed by atoms with Crippen molar-refractivity contribution in [2.45, 2.75) is 31.8 Å². The molecule has 0 aromatic carbocycles. The van der Waals surface area contributed by atoms with Crippen molar-refractivity contribution in [2.75, 3.05) is 19.7 Å². The Morgan fingerprint density at radius 3 is 2.75 bits per heavy atom. The molecule has 0 spiro atoms. The Balaban J connectivity index is 1.75. The van der Waals surface area contributed by atoms with Gasteiger partial charge < -0.3 is 15.5 Å². The van der Waals surface area contributed by atoms with Gasteiger partial charge in [0, 0.05) is 6.54 Å². The molecule has 1 rings (SSSR count). The first-order valence-corrected chi connectivity index (χ1v) is 4.82. The van der Waals surface area contributed by atoms with Crippen LogP contribution in [0.3, 0.4) is 0 Å². The average Bonchev–Trinajstić information content (AvgIpc) is 2.87. The predicted molar refractivity (Wildman–Crippen MR) is 47.9 cm³/mol. The monoisotopic (exact) mass is 173 g/mol. The van der Waals surface area contributed by atoms with E-state index in [0.29, 0.717) is 6.54 Å². The van der Waals surface area contributed by atoms with Gasteiger partial charge in [0.05, 0.1) is 12.7 Å². The summed E-state index contributed by atoms with van der Waals surface area (Å²) in [5.74, 6) is 0.995. The summed E-state index contributed by atoms with van der Waals surface area (Å²) in [5.41, 5.74) is 0. The first kappa shape index (κ1) is 9.96. The highest BCUT2D eigenvalue weighted by Gasteiger charge is 2.19. The smallest absolute Gasteiger partial charge is 0.0894 e. The van der Waals surface area contributed by atoms with Gasteiger partial charge in [0.15, 0.2) is 0 Å². The van der Waals surface area contributed by atoms with E-state index in [9.17, 15) is 0 Å². The molecule has 0 heterocycles. The van der Waals surface area contributed by atoms with E-state index in [0.717, 1.165) is 12.5 Å². The van der Waals surface area contributed by atoms with Crippen LogP contribution in [0.15, 0.2) is 0 Å². The Morgan fingerprint density at radius 1 is 1.42 bits per heavy atom. The standard InChI is InChI=1S/C9H19NO2/c11-7-9(12)6-10-5-1-2-8-3-4-8/h8-12H,1-7H2. The molecule has 3 nitrogen and oxygen atoms in total. The van der Waals surface area contributed by atoms with Gasteiger partial charge in [0.25, 0.3) is 0 Å². The molecule has 1 aliphatic carbocycles. The van der Waals surface area contributed by atoms with Gasteiger partial charge in [-0.3, -0.25) is 0 Å². The van der Waals surface area contributed by atoms with E-state index in [1.807, 2.05) is 0 Å². The van der Waals surface area contributed by atoms with E-state index in [4.69, 9.17) is 10.2 Å². The van der Waals surface area contributed by atoms with E-state index in [-0.39, 0.29) is 6.61 Å². The van der Waals surface area contributed by atoms with E-state index in [1.54, 1.807) is 0 Å².